The molecule has 0 aliphatic carbocycles. The average molecular weight is 351 g/mol. The van der Waals surface area contributed by atoms with Crippen molar-refractivity contribution in [3.05, 3.63) is 48.5 Å². The van der Waals surface area contributed by atoms with Crippen LogP contribution in [0, 0.1) is 0 Å². The number of hydrogen-bond donors (Lipinski definition) is 2. The topological polar surface area (TPSA) is 24.1 Å². The Bertz CT molecular complexity index is 544. The van der Waals surface area contributed by atoms with E-state index in [0.717, 1.165) is 5.08 Å². The van der Waals surface area contributed by atoms with Crippen molar-refractivity contribution < 1.29 is 0 Å². The molecule has 2 unspecified atom stereocenters. The van der Waals surface area contributed by atoms with E-state index in [9.17, 15) is 0 Å². The lowest BCUT2D eigenvalue weighted by molar-refractivity contribution is 1.39. The lowest BCUT2D eigenvalue weighted by Gasteiger charge is -2.13. The van der Waals surface area contributed by atoms with Gasteiger partial charge in [0.1, 0.15) is 9.41 Å². The van der Waals surface area contributed by atoms with Crippen LogP contribution in [0.3, 0.4) is 0 Å². The van der Waals surface area contributed by atoms with E-state index in [0.29, 0.717) is 9.41 Å². The van der Waals surface area contributed by atoms with Crippen LogP contribution in [-0.2, 0) is 0 Å². The van der Waals surface area contributed by atoms with E-state index >= 15 is 0 Å². The fraction of sp³-hybridized carbons (Fsp3) is 0.200. The highest BCUT2D eigenvalue weighted by molar-refractivity contribution is 8.27. The number of hydrogen-bond acceptors (Lipinski definition) is 6. The summed E-state index contributed by atoms with van der Waals surface area (Å²) in [6, 6.07) is 17.1. The van der Waals surface area contributed by atoms with Crippen LogP contribution in [0.25, 0.3) is 0 Å². The van der Waals surface area contributed by atoms with Crippen LogP contribution in [0.15, 0.2) is 58.3 Å². The number of nitrogens with one attached hydrogen (secondary N) is 2. The van der Waals surface area contributed by atoms with Gasteiger partial charge in [-0.2, -0.15) is 0 Å². The third-order valence-electron chi connectivity index (χ3n) is 3.23. The predicted octanol–water partition coefficient (Wildman–Crippen LogP) is 5.41. The number of thioether (sulfide) groups is 4. The molecule has 0 saturated carbocycles. The van der Waals surface area contributed by atoms with Crippen molar-refractivity contribution >= 4 is 58.4 Å². The Labute approximate surface area is 141 Å². The summed E-state index contributed by atoms with van der Waals surface area (Å²) < 4.78 is 0.868. The largest absolute Gasteiger partial charge is 0.364 e. The standard InChI is InChI=1S/C15H14N2S4/c1-3-7-12-10(5-1)16-14(20-12)18-9-19-15-17-11-6-2-4-8-13(11)21-15/h1-8,14-17H,9H2. The minimum Gasteiger partial charge on any atom is -0.364 e. The quantitative estimate of drug-likeness (QED) is 0.715. The second kappa shape index (κ2) is 6.28. The SMILES string of the molecule is c1ccc2c(c1)NC(SCSC1Nc3ccccc3S1)S2. The first kappa shape index (κ1) is 14.1. The summed E-state index contributed by atoms with van der Waals surface area (Å²) >= 11 is 7.77. The van der Waals surface area contributed by atoms with Crippen LogP contribution in [0.1, 0.15) is 0 Å². The highest BCUT2D eigenvalue weighted by Crippen LogP contribution is 2.46. The molecule has 2 atom stereocenters. The minimum absolute atomic E-state index is 0.434. The van der Waals surface area contributed by atoms with Crippen LogP contribution in [0.4, 0.5) is 11.4 Å². The molecule has 2 nitrogen and oxygen atoms in total. The highest BCUT2D eigenvalue weighted by atomic mass is 32.2. The molecule has 2 N–H and O–H groups in total. The third kappa shape index (κ3) is 3.13. The van der Waals surface area contributed by atoms with Gasteiger partial charge in [0.15, 0.2) is 0 Å². The molecule has 0 bridgehead atoms. The molecular weight excluding hydrogens is 336 g/mol. The summed E-state index contributed by atoms with van der Waals surface area (Å²) in [4.78, 5) is 2.72. The van der Waals surface area contributed by atoms with Crippen LogP contribution >= 0.6 is 47.0 Å². The van der Waals surface area contributed by atoms with Gasteiger partial charge in [-0.3, -0.25) is 0 Å². The Morgan fingerprint density at radius 2 is 1.24 bits per heavy atom. The maximum absolute atomic E-state index is 3.56. The molecule has 0 radical (unpaired) electrons. The van der Waals surface area contributed by atoms with Crippen molar-refractivity contribution in [1.82, 2.24) is 0 Å². The molecule has 6 heteroatoms. The lowest BCUT2D eigenvalue weighted by Crippen LogP contribution is -2.08. The molecule has 21 heavy (non-hydrogen) atoms. The molecule has 2 heterocycles. The molecule has 2 aliphatic rings. The first-order chi connectivity index (χ1) is 10.4. The van der Waals surface area contributed by atoms with Crippen molar-refractivity contribution in [1.29, 1.82) is 0 Å². The molecular formula is C15H14N2S4. The van der Waals surface area contributed by atoms with Crippen molar-refractivity contribution in [2.75, 3.05) is 15.7 Å². The monoisotopic (exact) mass is 350 g/mol. The van der Waals surface area contributed by atoms with E-state index in [-0.39, 0.29) is 0 Å². The van der Waals surface area contributed by atoms with Gasteiger partial charge in [0, 0.05) is 26.3 Å². The summed E-state index contributed by atoms with van der Waals surface area (Å²) in [5, 5.41) is 8.21. The molecule has 0 saturated heterocycles. The number of benzene rings is 2. The zero-order chi connectivity index (χ0) is 14.1. The van der Waals surface area contributed by atoms with Crippen molar-refractivity contribution in [2.24, 2.45) is 0 Å². The van der Waals surface area contributed by atoms with Crippen molar-refractivity contribution in [3.63, 3.8) is 0 Å². The Hall–Kier alpha value is -0.560. The van der Waals surface area contributed by atoms with Crippen LogP contribution in [-0.4, -0.2) is 14.5 Å². The Morgan fingerprint density at radius 1 is 0.762 bits per heavy atom. The highest BCUT2D eigenvalue weighted by Gasteiger charge is 2.24. The van der Waals surface area contributed by atoms with Gasteiger partial charge < -0.3 is 10.6 Å². The van der Waals surface area contributed by atoms with E-state index in [1.54, 1.807) is 0 Å². The molecule has 0 amide bonds. The molecule has 4 rings (SSSR count). The van der Waals surface area contributed by atoms with Gasteiger partial charge in [0.25, 0.3) is 0 Å². The summed E-state index contributed by atoms with van der Waals surface area (Å²) in [6.45, 7) is 0. The van der Waals surface area contributed by atoms with Gasteiger partial charge in [0.05, 0.1) is 0 Å². The van der Waals surface area contributed by atoms with E-state index in [1.165, 1.54) is 21.2 Å². The number of rotatable bonds is 4. The van der Waals surface area contributed by atoms with Gasteiger partial charge in [-0.25, -0.2) is 0 Å². The molecule has 0 aromatic heterocycles. The second-order valence-corrected chi connectivity index (χ2v) is 10.1. The molecule has 0 spiro atoms. The van der Waals surface area contributed by atoms with Crippen LogP contribution in [0.2, 0.25) is 0 Å². The van der Waals surface area contributed by atoms with Crippen molar-refractivity contribution in [2.45, 2.75) is 19.2 Å². The molecule has 2 aromatic rings. The molecule has 108 valence electrons. The Morgan fingerprint density at radius 3 is 1.71 bits per heavy atom. The predicted molar refractivity (Wildman–Crippen MR) is 99.5 cm³/mol. The Balaban J connectivity index is 1.25. The van der Waals surface area contributed by atoms with E-state index in [1.807, 2.05) is 47.0 Å². The molecule has 2 aromatic carbocycles. The molecule has 2 aliphatic heterocycles. The average Bonchev–Trinajstić information content (AvgIpc) is 3.09. The van der Waals surface area contributed by atoms with E-state index in [2.05, 4.69) is 59.2 Å². The maximum Gasteiger partial charge on any atom is 0.125 e. The number of para-hydroxylation sites is 2. The summed E-state index contributed by atoms with van der Waals surface area (Å²) in [5.41, 5.74) is 2.54. The fourth-order valence-electron chi connectivity index (χ4n) is 2.24. The minimum atomic E-state index is 0.434. The van der Waals surface area contributed by atoms with E-state index < -0.39 is 0 Å². The number of fused-ring (bicyclic) bond motifs is 2. The zero-order valence-corrected chi connectivity index (χ0v) is 14.4. The third-order valence-corrected chi connectivity index (χ3v) is 8.44. The zero-order valence-electron chi connectivity index (χ0n) is 11.1. The summed E-state index contributed by atoms with van der Waals surface area (Å²) in [5.74, 6) is 0. The van der Waals surface area contributed by atoms with Gasteiger partial charge in [0.2, 0.25) is 0 Å². The van der Waals surface area contributed by atoms with Gasteiger partial charge in [-0.05, 0) is 24.3 Å². The summed E-state index contributed by atoms with van der Waals surface area (Å²) in [6.07, 6.45) is 0. The van der Waals surface area contributed by atoms with Crippen molar-refractivity contribution in [3.8, 4) is 0 Å². The number of anilines is 2. The normalized spacial score (nSPS) is 22.3. The fourth-order valence-corrected chi connectivity index (χ4v) is 7.78. The first-order valence-electron chi connectivity index (χ1n) is 6.66. The van der Waals surface area contributed by atoms with Crippen LogP contribution in [0.5, 0.6) is 0 Å². The summed E-state index contributed by atoms with van der Waals surface area (Å²) in [7, 11) is 0. The van der Waals surface area contributed by atoms with Crippen LogP contribution < -0.4 is 10.6 Å². The molecule has 0 fully saturated rings. The lowest BCUT2D eigenvalue weighted by atomic mass is 10.3. The van der Waals surface area contributed by atoms with Gasteiger partial charge >= 0.3 is 0 Å². The van der Waals surface area contributed by atoms with E-state index in [4.69, 9.17) is 0 Å². The smallest absolute Gasteiger partial charge is 0.125 e. The first-order valence-corrected chi connectivity index (χ1v) is 10.5. The Kier molecular flexibility index (Phi) is 4.21. The second-order valence-electron chi connectivity index (χ2n) is 4.63. The maximum atomic E-state index is 3.56. The van der Waals surface area contributed by atoms with Gasteiger partial charge in [-0.15, -0.1) is 23.5 Å². The van der Waals surface area contributed by atoms with Gasteiger partial charge in [-0.1, -0.05) is 47.8 Å².